The molecule has 1 heterocycles. The van der Waals surface area contributed by atoms with Gasteiger partial charge in [0.1, 0.15) is 12.4 Å². The minimum Gasteiger partial charge on any atom is -0.492 e. The molecule has 1 fully saturated rings. The van der Waals surface area contributed by atoms with Gasteiger partial charge < -0.3 is 10.5 Å². The van der Waals surface area contributed by atoms with Crippen LogP contribution >= 0.6 is 0 Å². The topological polar surface area (TPSA) is 72.6 Å². The molecule has 0 spiro atoms. The minimum atomic E-state index is -3.24. The van der Waals surface area contributed by atoms with Crippen molar-refractivity contribution in [2.75, 3.05) is 25.4 Å². The monoisotopic (exact) mass is 284 g/mol. The summed E-state index contributed by atoms with van der Waals surface area (Å²) in [6, 6.07) is 7.52. The minimum absolute atomic E-state index is 0.00635. The smallest absolute Gasteiger partial charge is 0.217 e. The summed E-state index contributed by atoms with van der Waals surface area (Å²) < 4.78 is 30.9. The molecule has 1 atom stereocenters. The molecule has 0 radical (unpaired) electrons. The van der Waals surface area contributed by atoms with Crippen molar-refractivity contribution in [2.45, 2.75) is 19.4 Å². The van der Waals surface area contributed by atoms with Crippen LogP contribution in [0, 0.1) is 6.92 Å². The van der Waals surface area contributed by atoms with Crippen LogP contribution in [0.2, 0.25) is 0 Å². The van der Waals surface area contributed by atoms with Crippen LogP contribution in [0.4, 0.5) is 0 Å². The fourth-order valence-corrected chi connectivity index (χ4v) is 3.39. The molecule has 0 aromatic heterocycles. The van der Waals surface area contributed by atoms with E-state index in [1.54, 1.807) is 0 Å². The average molecular weight is 284 g/mol. The number of rotatable bonds is 5. The highest BCUT2D eigenvalue weighted by atomic mass is 32.2. The molecule has 1 saturated heterocycles. The first-order valence-corrected chi connectivity index (χ1v) is 8.01. The van der Waals surface area contributed by atoms with Gasteiger partial charge in [-0.3, -0.25) is 0 Å². The van der Waals surface area contributed by atoms with Crippen molar-refractivity contribution in [1.82, 2.24) is 4.31 Å². The van der Waals surface area contributed by atoms with Gasteiger partial charge in [0.05, 0.1) is 5.75 Å². The van der Waals surface area contributed by atoms with E-state index in [0.29, 0.717) is 18.8 Å². The summed E-state index contributed by atoms with van der Waals surface area (Å²) in [5.74, 6) is 0.687. The quantitative estimate of drug-likeness (QED) is 0.865. The maximum absolute atomic E-state index is 12.0. The maximum atomic E-state index is 12.0. The summed E-state index contributed by atoms with van der Waals surface area (Å²) in [5.41, 5.74) is 6.86. The Morgan fingerprint density at radius 2 is 2.05 bits per heavy atom. The van der Waals surface area contributed by atoms with E-state index in [1.165, 1.54) is 4.31 Å². The van der Waals surface area contributed by atoms with Gasteiger partial charge in [-0.15, -0.1) is 0 Å². The number of benzene rings is 1. The van der Waals surface area contributed by atoms with Crippen LogP contribution in [0.3, 0.4) is 0 Å². The van der Waals surface area contributed by atoms with Crippen LogP contribution in [0.15, 0.2) is 24.3 Å². The molecular weight excluding hydrogens is 264 g/mol. The Bertz CT molecular complexity index is 513. The Morgan fingerprint density at radius 1 is 1.37 bits per heavy atom. The molecule has 2 N–H and O–H groups in total. The first-order chi connectivity index (χ1) is 8.97. The summed E-state index contributed by atoms with van der Waals surface area (Å²) in [7, 11) is -3.24. The number of nitrogens with two attached hydrogens (primary N) is 1. The third-order valence-electron chi connectivity index (χ3n) is 3.21. The van der Waals surface area contributed by atoms with Gasteiger partial charge >= 0.3 is 0 Å². The third-order valence-corrected chi connectivity index (χ3v) is 5.01. The highest BCUT2D eigenvalue weighted by Crippen LogP contribution is 2.14. The molecule has 0 aliphatic carbocycles. The Hall–Kier alpha value is -1.11. The van der Waals surface area contributed by atoms with Gasteiger partial charge in [0, 0.05) is 19.1 Å². The second-order valence-corrected chi connectivity index (χ2v) is 6.97. The van der Waals surface area contributed by atoms with E-state index < -0.39 is 10.0 Å². The molecule has 2 rings (SSSR count). The summed E-state index contributed by atoms with van der Waals surface area (Å²) in [6.07, 6.45) is 0.734. The van der Waals surface area contributed by atoms with E-state index in [1.807, 2.05) is 31.2 Å². The zero-order valence-electron chi connectivity index (χ0n) is 11.1. The first-order valence-electron chi connectivity index (χ1n) is 6.40. The van der Waals surface area contributed by atoms with Crippen LogP contribution in [-0.4, -0.2) is 44.2 Å². The predicted molar refractivity (Wildman–Crippen MR) is 74.6 cm³/mol. The third kappa shape index (κ3) is 3.92. The first kappa shape index (κ1) is 14.3. The van der Waals surface area contributed by atoms with E-state index in [-0.39, 0.29) is 18.4 Å². The number of aryl methyl sites for hydroxylation is 1. The van der Waals surface area contributed by atoms with Crippen molar-refractivity contribution in [1.29, 1.82) is 0 Å². The molecule has 1 aliphatic rings. The molecule has 0 saturated carbocycles. The van der Waals surface area contributed by atoms with E-state index in [0.717, 1.165) is 12.0 Å². The van der Waals surface area contributed by atoms with Crippen LogP contribution < -0.4 is 10.5 Å². The van der Waals surface area contributed by atoms with E-state index in [4.69, 9.17) is 10.5 Å². The lowest BCUT2D eigenvalue weighted by atomic mass is 10.2. The molecule has 106 valence electrons. The Labute approximate surface area is 114 Å². The van der Waals surface area contributed by atoms with Crippen molar-refractivity contribution < 1.29 is 13.2 Å². The van der Waals surface area contributed by atoms with Crippen LogP contribution in [-0.2, 0) is 10.0 Å². The van der Waals surface area contributed by atoms with Gasteiger partial charge in [-0.1, -0.05) is 17.7 Å². The van der Waals surface area contributed by atoms with E-state index in [2.05, 4.69) is 0 Å². The second kappa shape index (κ2) is 5.90. The van der Waals surface area contributed by atoms with Gasteiger partial charge in [-0.2, -0.15) is 0 Å². The number of ether oxygens (including phenoxy) is 1. The van der Waals surface area contributed by atoms with Gasteiger partial charge in [-0.25, -0.2) is 12.7 Å². The number of hydrogen-bond acceptors (Lipinski definition) is 4. The Balaban J connectivity index is 1.83. The molecule has 6 heteroatoms. The lowest BCUT2D eigenvalue weighted by Gasteiger charge is -2.16. The van der Waals surface area contributed by atoms with Crippen LogP contribution in [0.25, 0.3) is 0 Å². The van der Waals surface area contributed by atoms with Crippen molar-refractivity contribution in [3.8, 4) is 5.75 Å². The summed E-state index contributed by atoms with van der Waals surface area (Å²) in [5, 5.41) is 0. The molecule has 0 bridgehead atoms. The highest BCUT2D eigenvalue weighted by molar-refractivity contribution is 7.89. The lowest BCUT2D eigenvalue weighted by molar-refractivity contribution is 0.336. The molecule has 0 unspecified atom stereocenters. The fraction of sp³-hybridized carbons (Fsp3) is 0.538. The molecule has 5 nitrogen and oxygen atoms in total. The summed E-state index contributed by atoms with van der Waals surface area (Å²) in [6.45, 7) is 3.10. The maximum Gasteiger partial charge on any atom is 0.217 e. The van der Waals surface area contributed by atoms with Crippen molar-refractivity contribution >= 4 is 10.0 Å². The molecule has 1 aromatic carbocycles. The van der Waals surface area contributed by atoms with E-state index in [9.17, 15) is 8.42 Å². The van der Waals surface area contributed by atoms with Crippen molar-refractivity contribution in [3.05, 3.63) is 29.8 Å². The number of hydrogen-bond donors (Lipinski definition) is 1. The molecule has 1 aromatic rings. The lowest BCUT2D eigenvalue weighted by Crippen LogP contribution is -2.35. The van der Waals surface area contributed by atoms with Crippen molar-refractivity contribution in [3.63, 3.8) is 0 Å². The average Bonchev–Trinajstić information content (AvgIpc) is 2.79. The van der Waals surface area contributed by atoms with Crippen LogP contribution in [0.5, 0.6) is 5.75 Å². The number of sulfonamides is 1. The van der Waals surface area contributed by atoms with Gasteiger partial charge in [-0.05, 0) is 25.5 Å². The van der Waals surface area contributed by atoms with E-state index >= 15 is 0 Å². The molecule has 0 amide bonds. The Morgan fingerprint density at radius 3 is 2.63 bits per heavy atom. The zero-order chi connectivity index (χ0) is 13.9. The van der Waals surface area contributed by atoms with Gasteiger partial charge in [0.25, 0.3) is 0 Å². The highest BCUT2D eigenvalue weighted by Gasteiger charge is 2.29. The zero-order valence-corrected chi connectivity index (χ0v) is 11.9. The van der Waals surface area contributed by atoms with Gasteiger partial charge in [0.15, 0.2) is 0 Å². The normalized spacial score (nSPS) is 20.6. The molecule has 1 aliphatic heterocycles. The standard InChI is InChI=1S/C13H20N2O3S/c1-11-2-4-13(5-3-11)18-8-9-19(16,17)15-7-6-12(14)10-15/h2-5,12H,6-10,14H2,1H3/t12-/m0/s1. The fourth-order valence-electron chi connectivity index (χ4n) is 2.04. The molecule has 19 heavy (non-hydrogen) atoms. The SMILES string of the molecule is Cc1ccc(OCCS(=O)(=O)N2CC[C@H](N)C2)cc1. The number of nitrogens with zero attached hydrogens (tertiary/aromatic N) is 1. The van der Waals surface area contributed by atoms with Crippen molar-refractivity contribution in [2.24, 2.45) is 5.73 Å². The summed E-state index contributed by atoms with van der Waals surface area (Å²) in [4.78, 5) is 0. The molecular formula is C13H20N2O3S. The Kier molecular flexibility index (Phi) is 4.44. The predicted octanol–water partition coefficient (Wildman–Crippen LogP) is 0.737. The van der Waals surface area contributed by atoms with Gasteiger partial charge in [0.2, 0.25) is 10.0 Å². The summed E-state index contributed by atoms with van der Waals surface area (Å²) >= 11 is 0. The largest absolute Gasteiger partial charge is 0.492 e. The second-order valence-electron chi connectivity index (χ2n) is 4.88. The van der Waals surface area contributed by atoms with Crippen LogP contribution in [0.1, 0.15) is 12.0 Å².